The Morgan fingerprint density at radius 1 is 1.58 bits per heavy atom. The molecule has 0 amide bonds. The summed E-state index contributed by atoms with van der Waals surface area (Å²) in [5, 5.41) is 0. The number of nitrogens with zero attached hydrogens (tertiary/aromatic N) is 1. The number of hydrogen-bond acceptors (Lipinski definition) is 3. The maximum atomic E-state index is 5.31. The Labute approximate surface area is 78.2 Å². The molecule has 0 aromatic rings. The molecule has 1 rings (SSSR count). The highest BCUT2D eigenvalue weighted by Gasteiger charge is 2.15. The number of rotatable bonds is 2. The van der Waals surface area contributed by atoms with Gasteiger partial charge in [0, 0.05) is 13.5 Å². The first-order valence-electron chi connectivity index (χ1n) is 4.37. The first-order chi connectivity index (χ1) is 5.86. The Morgan fingerprint density at radius 2 is 2.25 bits per heavy atom. The van der Waals surface area contributed by atoms with Gasteiger partial charge in [0.2, 0.25) is 0 Å². The van der Waals surface area contributed by atoms with Gasteiger partial charge >= 0.3 is 0 Å². The second-order valence-electron chi connectivity index (χ2n) is 3.07. The van der Waals surface area contributed by atoms with Gasteiger partial charge in [-0.05, 0) is 30.3 Å². The molecule has 1 saturated heterocycles. The molecule has 1 aliphatic heterocycles. The van der Waals surface area contributed by atoms with Crippen molar-refractivity contribution in [1.29, 1.82) is 0 Å². The van der Waals surface area contributed by atoms with Crippen LogP contribution in [0.5, 0.6) is 0 Å². The predicted molar refractivity (Wildman–Crippen MR) is 55.3 cm³/mol. The zero-order valence-corrected chi connectivity index (χ0v) is 8.36. The van der Waals surface area contributed by atoms with Gasteiger partial charge in [-0.3, -0.25) is 4.99 Å². The first-order valence-corrected chi connectivity index (χ1v) is 5.52. The average molecular weight is 187 g/mol. The standard InChI is InChI=1S/C8H17N3S/c1-10-8(11-9)6-7-2-4-12-5-3-7/h7H,2-6,9H2,1H3,(H,10,11). The summed E-state index contributed by atoms with van der Waals surface area (Å²) < 4.78 is 0. The third kappa shape index (κ3) is 3.03. The average Bonchev–Trinajstić information content (AvgIpc) is 2.16. The smallest absolute Gasteiger partial charge is 0.110 e. The summed E-state index contributed by atoms with van der Waals surface area (Å²) in [4.78, 5) is 4.07. The summed E-state index contributed by atoms with van der Waals surface area (Å²) in [5.41, 5.74) is 2.64. The monoisotopic (exact) mass is 187 g/mol. The number of nitrogens with two attached hydrogens (primary N) is 1. The molecule has 0 bridgehead atoms. The van der Waals surface area contributed by atoms with E-state index in [1.54, 1.807) is 7.05 Å². The number of thioether (sulfide) groups is 1. The third-order valence-corrected chi connectivity index (χ3v) is 3.31. The van der Waals surface area contributed by atoms with Crippen LogP contribution in [0.1, 0.15) is 19.3 Å². The lowest BCUT2D eigenvalue weighted by Crippen LogP contribution is -2.32. The van der Waals surface area contributed by atoms with Crippen LogP contribution in [-0.2, 0) is 0 Å². The zero-order valence-electron chi connectivity index (χ0n) is 7.55. The van der Waals surface area contributed by atoms with Crippen molar-refractivity contribution in [2.75, 3.05) is 18.6 Å². The van der Waals surface area contributed by atoms with Crippen LogP contribution in [0.25, 0.3) is 0 Å². The van der Waals surface area contributed by atoms with Crippen molar-refractivity contribution in [2.24, 2.45) is 16.8 Å². The fraction of sp³-hybridized carbons (Fsp3) is 0.875. The minimum atomic E-state index is 0.793. The van der Waals surface area contributed by atoms with Gasteiger partial charge in [-0.25, -0.2) is 5.84 Å². The van der Waals surface area contributed by atoms with E-state index in [-0.39, 0.29) is 0 Å². The van der Waals surface area contributed by atoms with Crippen molar-refractivity contribution in [2.45, 2.75) is 19.3 Å². The van der Waals surface area contributed by atoms with Gasteiger partial charge in [0.1, 0.15) is 5.84 Å². The van der Waals surface area contributed by atoms with E-state index in [9.17, 15) is 0 Å². The van der Waals surface area contributed by atoms with E-state index < -0.39 is 0 Å². The summed E-state index contributed by atoms with van der Waals surface area (Å²) in [5.74, 6) is 9.64. The fourth-order valence-electron chi connectivity index (χ4n) is 1.44. The quantitative estimate of drug-likeness (QED) is 0.293. The van der Waals surface area contributed by atoms with Gasteiger partial charge < -0.3 is 5.43 Å². The Morgan fingerprint density at radius 3 is 2.75 bits per heavy atom. The molecule has 3 nitrogen and oxygen atoms in total. The lowest BCUT2D eigenvalue weighted by atomic mass is 9.98. The number of aliphatic imine (C=N–C) groups is 1. The third-order valence-electron chi connectivity index (χ3n) is 2.26. The van der Waals surface area contributed by atoms with Crippen molar-refractivity contribution in [3.63, 3.8) is 0 Å². The minimum Gasteiger partial charge on any atom is -0.312 e. The number of hydrogen-bond donors (Lipinski definition) is 2. The Hall–Kier alpha value is -0.220. The summed E-state index contributed by atoms with van der Waals surface area (Å²) in [6.07, 6.45) is 3.64. The predicted octanol–water partition coefficient (Wildman–Crippen LogP) is 1.01. The van der Waals surface area contributed by atoms with Crippen molar-refractivity contribution < 1.29 is 0 Å². The van der Waals surface area contributed by atoms with E-state index in [0.717, 1.165) is 18.2 Å². The molecule has 0 spiro atoms. The van der Waals surface area contributed by atoms with Crippen LogP contribution in [0.2, 0.25) is 0 Å². The maximum Gasteiger partial charge on any atom is 0.110 e. The number of amidine groups is 1. The maximum absolute atomic E-state index is 5.31. The van der Waals surface area contributed by atoms with Crippen LogP contribution in [0.15, 0.2) is 4.99 Å². The van der Waals surface area contributed by atoms with Crippen molar-refractivity contribution in [1.82, 2.24) is 5.43 Å². The SMILES string of the molecule is CN=C(CC1CCSCC1)NN. The number of hydrazine groups is 1. The van der Waals surface area contributed by atoms with E-state index in [1.807, 2.05) is 11.8 Å². The second kappa shape index (κ2) is 5.43. The van der Waals surface area contributed by atoms with Crippen LogP contribution < -0.4 is 11.3 Å². The molecule has 12 heavy (non-hydrogen) atoms. The van der Waals surface area contributed by atoms with Gasteiger partial charge in [0.05, 0.1) is 0 Å². The molecule has 0 aromatic heterocycles. The van der Waals surface area contributed by atoms with Crippen molar-refractivity contribution >= 4 is 17.6 Å². The Kier molecular flexibility index (Phi) is 4.46. The second-order valence-corrected chi connectivity index (χ2v) is 4.30. The van der Waals surface area contributed by atoms with Gasteiger partial charge in [-0.15, -0.1) is 0 Å². The lowest BCUT2D eigenvalue weighted by molar-refractivity contribution is 0.504. The zero-order chi connectivity index (χ0) is 8.81. The fourth-order valence-corrected chi connectivity index (χ4v) is 2.64. The van der Waals surface area contributed by atoms with Gasteiger partial charge in [0.15, 0.2) is 0 Å². The first kappa shape index (κ1) is 9.86. The Bertz CT molecular complexity index is 152. The van der Waals surface area contributed by atoms with E-state index >= 15 is 0 Å². The topological polar surface area (TPSA) is 50.4 Å². The highest BCUT2D eigenvalue weighted by Crippen LogP contribution is 2.25. The minimum absolute atomic E-state index is 0.793. The van der Waals surface area contributed by atoms with Crippen molar-refractivity contribution in [3.05, 3.63) is 0 Å². The molecule has 4 heteroatoms. The molecule has 0 atom stereocenters. The van der Waals surface area contributed by atoms with E-state index in [2.05, 4.69) is 10.4 Å². The molecule has 70 valence electrons. The normalized spacial score (nSPS) is 21.0. The molecule has 0 aromatic carbocycles. The van der Waals surface area contributed by atoms with E-state index in [4.69, 9.17) is 5.84 Å². The number of nitrogens with one attached hydrogen (secondary N) is 1. The molecule has 1 aliphatic rings. The van der Waals surface area contributed by atoms with Gasteiger partial charge in [-0.2, -0.15) is 11.8 Å². The molecule has 1 heterocycles. The molecular weight excluding hydrogens is 170 g/mol. The highest BCUT2D eigenvalue weighted by molar-refractivity contribution is 7.99. The van der Waals surface area contributed by atoms with E-state index in [0.29, 0.717) is 0 Å². The summed E-state index contributed by atoms with van der Waals surface area (Å²) >= 11 is 2.05. The lowest BCUT2D eigenvalue weighted by Gasteiger charge is -2.21. The van der Waals surface area contributed by atoms with Crippen LogP contribution in [0.4, 0.5) is 0 Å². The van der Waals surface area contributed by atoms with Crippen molar-refractivity contribution in [3.8, 4) is 0 Å². The van der Waals surface area contributed by atoms with Crippen LogP contribution in [0, 0.1) is 5.92 Å². The van der Waals surface area contributed by atoms with Crippen LogP contribution >= 0.6 is 11.8 Å². The summed E-state index contributed by atoms with van der Waals surface area (Å²) in [6, 6.07) is 0. The summed E-state index contributed by atoms with van der Waals surface area (Å²) in [7, 11) is 1.78. The van der Waals surface area contributed by atoms with Crippen LogP contribution in [0.3, 0.4) is 0 Å². The molecule has 0 aliphatic carbocycles. The molecule has 3 N–H and O–H groups in total. The molecule has 0 saturated carbocycles. The molecule has 0 unspecified atom stereocenters. The molecular formula is C8H17N3S. The molecule has 0 radical (unpaired) electrons. The Balaban J connectivity index is 2.28. The largest absolute Gasteiger partial charge is 0.312 e. The van der Waals surface area contributed by atoms with Gasteiger partial charge in [-0.1, -0.05) is 0 Å². The molecule has 1 fully saturated rings. The van der Waals surface area contributed by atoms with Gasteiger partial charge in [0.25, 0.3) is 0 Å². The summed E-state index contributed by atoms with van der Waals surface area (Å²) in [6.45, 7) is 0. The van der Waals surface area contributed by atoms with E-state index in [1.165, 1.54) is 24.3 Å². The van der Waals surface area contributed by atoms with Crippen LogP contribution in [-0.4, -0.2) is 24.4 Å². The highest BCUT2D eigenvalue weighted by atomic mass is 32.2.